The van der Waals surface area contributed by atoms with Crippen LogP contribution >= 0.6 is 0 Å². The molecule has 7 heteroatoms. The van der Waals surface area contributed by atoms with Gasteiger partial charge in [-0.25, -0.2) is 4.79 Å². The Morgan fingerprint density at radius 2 is 1.81 bits per heavy atom. The molecular formula is C24H30N2O5. The summed E-state index contributed by atoms with van der Waals surface area (Å²) < 4.78 is 11.5. The highest BCUT2D eigenvalue weighted by molar-refractivity contribution is 6.31. The summed E-state index contributed by atoms with van der Waals surface area (Å²) in [6.07, 6.45) is 8.38. The number of barbiturate groups is 1. The van der Waals surface area contributed by atoms with Crippen molar-refractivity contribution in [3.63, 3.8) is 0 Å². The van der Waals surface area contributed by atoms with Crippen molar-refractivity contribution in [1.82, 2.24) is 10.2 Å². The SMILES string of the molecule is C=CCc1cc(C=C2C(=O)NC(=O)N(C3CCCCC3)C2=O)cc(OCC)c1OCC. The first-order valence-electron chi connectivity index (χ1n) is 10.9. The normalized spacial score (nSPS) is 18.8. The lowest BCUT2D eigenvalue weighted by Gasteiger charge is -2.35. The van der Waals surface area contributed by atoms with Gasteiger partial charge in [-0.3, -0.25) is 19.8 Å². The van der Waals surface area contributed by atoms with E-state index in [9.17, 15) is 14.4 Å². The third-order valence-corrected chi connectivity index (χ3v) is 5.49. The molecule has 0 unspecified atom stereocenters. The van der Waals surface area contributed by atoms with E-state index < -0.39 is 17.8 Å². The number of hydrogen-bond donors (Lipinski definition) is 1. The summed E-state index contributed by atoms with van der Waals surface area (Å²) in [5, 5.41) is 2.33. The molecule has 1 aromatic rings. The molecule has 0 atom stereocenters. The van der Waals surface area contributed by atoms with Crippen molar-refractivity contribution in [3.05, 3.63) is 41.5 Å². The molecule has 0 aromatic heterocycles. The molecule has 7 nitrogen and oxygen atoms in total. The van der Waals surface area contributed by atoms with Crippen LogP contribution in [0.25, 0.3) is 6.08 Å². The van der Waals surface area contributed by atoms with Gasteiger partial charge in [-0.2, -0.15) is 0 Å². The summed E-state index contributed by atoms with van der Waals surface area (Å²) in [6, 6.07) is 2.79. The van der Waals surface area contributed by atoms with Crippen molar-refractivity contribution < 1.29 is 23.9 Å². The molecule has 1 aromatic carbocycles. The highest BCUT2D eigenvalue weighted by Crippen LogP contribution is 2.35. The van der Waals surface area contributed by atoms with Crippen molar-refractivity contribution in [2.24, 2.45) is 0 Å². The predicted molar refractivity (Wildman–Crippen MR) is 118 cm³/mol. The van der Waals surface area contributed by atoms with Crippen molar-refractivity contribution in [2.45, 2.75) is 58.4 Å². The number of ether oxygens (including phenoxy) is 2. The fourth-order valence-electron chi connectivity index (χ4n) is 4.15. The number of urea groups is 1. The molecule has 0 radical (unpaired) electrons. The maximum Gasteiger partial charge on any atom is 0.331 e. The Hall–Kier alpha value is -3.09. The van der Waals surface area contributed by atoms with Crippen molar-refractivity contribution >= 4 is 23.9 Å². The molecule has 1 saturated heterocycles. The van der Waals surface area contributed by atoms with Crippen LogP contribution < -0.4 is 14.8 Å². The zero-order valence-electron chi connectivity index (χ0n) is 18.2. The van der Waals surface area contributed by atoms with Gasteiger partial charge < -0.3 is 9.47 Å². The number of nitrogens with zero attached hydrogens (tertiary/aromatic N) is 1. The number of carbonyl (C=O) groups excluding carboxylic acids is 3. The highest BCUT2D eigenvalue weighted by Gasteiger charge is 2.40. The zero-order chi connectivity index (χ0) is 22.4. The monoisotopic (exact) mass is 426 g/mol. The summed E-state index contributed by atoms with van der Waals surface area (Å²) in [5.74, 6) is -0.0544. The average molecular weight is 427 g/mol. The molecule has 0 spiro atoms. The maximum absolute atomic E-state index is 13.1. The largest absolute Gasteiger partial charge is 0.490 e. The standard InChI is InChI=1S/C24H30N2O5/c1-4-10-17-13-16(15-20(30-5-2)21(17)31-6-3)14-19-22(27)25-24(29)26(23(19)28)18-11-8-7-9-12-18/h4,13-15,18H,1,5-12H2,2-3H3,(H,25,27,29). The number of amides is 4. The van der Waals surface area contributed by atoms with Crippen LogP contribution in [0.2, 0.25) is 0 Å². The van der Waals surface area contributed by atoms with Crippen LogP contribution in [0.5, 0.6) is 11.5 Å². The Morgan fingerprint density at radius 3 is 2.45 bits per heavy atom. The van der Waals surface area contributed by atoms with E-state index in [-0.39, 0.29) is 11.6 Å². The second-order valence-electron chi connectivity index (χ2n) is 7.65. The van der Waals surface area contributed by atoms with Gasteiger partial charge in [0.05, 0.1) is 13.2 Å². The molecule has 31 heavy (non-hydrogen) atoms. The molecule has 1 N–H and O–H groups in total. The van der Waals surface area contributed by atoms with Crippen LogP contribution in [0.3, 0.4) is 0 Å². The Bertz CT molecular complexity index is 899. The van der Waals surface area contributed by atoms with Crippen LogP contribution in [0, 0.1) is 0 Å². The first-order chi connectivity index (χ1) is 15.0. The van der Waals surface area contributed by atoms with Crippen molar-refractivity contribution in [2.75, 3.05) is 13.2 Å². The van der Waals surface area contributed by atoms with E-state index in [0.717, 1.165) is 37.7 Å². The minimum absolute atomic E-state index is 0.0543. The first-order valence-corrected chi connectivity index (χ1v) is 10.9. The number of rotatable bonds is 8. The molecule has 1 aliphatic carbocycles. The van der Waals surface area contributed by atoms with Crippen LogP contribution in [-0.4, -0.2) is 42.0 Å². The molecule has 2 aliphatic rings. The van der Waals surface area contributed by atoms with E-state index in [1.807, 2.05) is 19.9 Å². The molecule has 1 aliphatic heterocycles. The molecule has 0 bridgehead atoms. The van der Waals surface area contributed by atoms with Crippen LogP contribution in [0.15, 0.2) is 30.4 Å². The Balaban J connectivity index is 2.01. The fraction of sp³-hybridized carbons (Fsp3) is 0.458. The van der Waals surface area contributed by atoms with Gasteiger partial charge in [0.25, 0.3) is 11.8 Å². The van der Waals surface area contributed by atoms with E-state index >= 15 is 0 Å². The molecule has 4 amide bonds. The molecule has 166 valence electrons. The minimum Gasteiger partial charge on any atom is -0.490 e. The minimum atomic E-state index is -0.681. The second-order valence-corrected chi connectivity index (χ2v) is 7.65. The number of imide groups is 2. The summed E-state index contributed by atoms with van der Waals surface area (Å²) >= 11 is 0. The van der Waals surface area contributed by atoms with Crippen molar-refractivity contribution in [1.29, 1.82) is 0 Å². The topological polar surface area (TPSA) is 84.9 Å². The average Bonchev–Trinajstić information content (AvgIpc) is 2.74. The lowest BCUT2D eigenvalue weighted by molar-refractivity contribution is -0.132. The zero-order valence-corrected chi connectivity index (χ0v) is 18.2. The Morgan fingerprint density at radius 1 is 1.10 bits per heavy atom. The van der Waals surface area contributed by atoms with Crippen LogP contribution in [0.4, 0.5) is 4.79 Å². The second kappa shape index (κ2) is 10.3. The summed E-state index contributed by atoms with van der Waals surface area (Å²) in [6.45, 7) is 8.48. The molecule has 1 heterocycles. The first kappa shape index (κ1) is 22.6. The van der Waals surface area contributed by atoms with E-state index in [2.05, 4.69) is 11.9 Å². The fourth-order valence-corrected chi connectivity index (χ4v) is 4.15. The molecular weight excluding hydrogens is 396 g/mol. The number of carbonyl (C=O) groups is 3. The van der Waals surface area contributed by atoms with Gasteiger partial charge in [0.1, 0.15) is 5.57 Å². The lowest BCUT2D eigenvalue weighted by atomic mass is 9.93. The number of allylic oxidation sites excluding steroid dienone is 1. The predicted octanol–water partition coefficient (Wildman–Crippen LogP) is 4.01. The third-order valence-electron chi connectivity index (χ3n) is 5.49. The highest BCUT2D eigenvalue weighted by atomic mass is 16.5. The Kier molecular flexibility index (Phi) is 7.50. The Labute approximate surface area is 183 Å². The maximum atomic E-state index is 13.1. The van der Waals surface area contributed by atoms with E-state index in [1.165, 1.54) is 11.0 Å². The van der Waals surface area contributed by atoms with Gasteiger partial charge in [-0.15, -0.1) is 6.58 Å². The van der Waals surface area contributed by atoms with Gasteiger partial charge in [-0.05, 0) is 56.9 Å². The number of nitrogens with one attached hydrogen (secondary N) is 1. The van der Waals surface area contributed by atoms with E-state index in [1.54, 1.807) is 12.1 Å². The number of benzene rings is 1. The van der Waals surface area contributed by atoms with Crippen LogP contribution in [0.1, 0.15) is 57.1 Å². The smallest absolute Gasteiger partial charge is 0.331 e. The van der Waals surface area contributed by atoms with Gasteiger partial charge in [0.15, 0.2) is 11.5 Å². The summed E-state index contributed by atoms with van der Waals surface area (Å²) in [5.41, 5.74) is 1.42. The van der Waals surface area contributed by atoms with Crippen LogP contribution in [-0.2, 0) is 16.0 Å². The summed E-state index contributed by atoms with van der Waals surface area (Å²) in [4.78, 5) is 39.3. The molecule has 1 saturated carbocycles. The summed E-state index contributed by atoms with van der Waals surface area (Å²) in [7, 11) is 0. The van der Waals surface area contributed by atoms with Gasteiger partial charge >= 0.3 is 6.03 Å². The molecule has 2 fully saturated rings. The van der Waals surface area contributed by atoms with Gasteiger partial charge in [0.2, 0.25) is 0 Å². The van der Waals surface area contributed by atoms with E-state index in [0.29, 0.717) is 36.7 Å². The van der Waals surface area contributed by atoms with Gasteiger partial charge in [0, 0.05) is 11.6 Å². The third kappa shape index (κ3) is 4.98. The van der Waals surface area contributed by atoms with Crippen molar-refractivity contribution in [3.8, 4) is 11.5 Å². The number of hydrogen-bond acceptors (Lipinski definition) is 5. The lowest BCUT2D eigenvalue weighted by Crippen LogP contribution is -2.58. The van der Waals surface area contributed by atoms with Gasteiger partial charge in [-0.1, -0.05) is 25.3 Å². The van der Waals surface area contributed by atoms with E-state index in [4.69, 9.17) is 9.47 Å². The molecule has 3 rings (SSSR count). The quantitative estimate of drug-likeness (QED) is 0.386.